The summed E-state index contributed by atoms with van der Waals surface area (Å²) in [6.45, 7) is 1.20. The smallest absolute Gasteiger partial charge is 0.259 e. The Balaban J connectivity index is 2.15. The van der Waals surface area contributed by atoms with Crippen LogP contribution in [-0.4, -0.2) is 42.1 Å². The first-order valence-electron chi connectivity index (χ1n) is 5.21. The van der Waals surface area contributed by atoms with Gasteiger partial charge >= 0.3 is 0 Å². The van der Waals surface area contributed by atoms with Gasteiger partial charge in [-0.2, -0.15) is 0 Å². The topological polar surface area (TPSA) is 62.4 Å². The highest BCUT2D eigenvalue weighted by Gasteiger charge is 2.27. The average Bonchev–Trinajstić information content (AvgIpc) is 2.77. The highest BCUT2D eigenvalue weighted by atomic mass is 16.5. The van der Waals surface area contributed by atoms with Crippen LogP contribution in [0, 0.1) is 0 Å². The SMILES string of the molecule is COC1CCN(C(=O)c2c[nH]ccc2=O)C1. The molecule has 1 N–H and O–H groups in total. The van der Waals surface area contributed by atoms with Crippen LogP contribution in [0.4, 0.5) is 0 Å². The van der Waals surface area contributed by atoms with E-state index in [4.69, 9.17) is 4.74 Å². The van der Waals surface area contributed by atoms with Gasteiger partial charge in [-0.05, 0) is 6.42 Å². The Morgan fingerprint density at radius 3 is 3.06 bits per heavy atom. The summed E-state index contributed by atoms with van der Waals surface area (Å²) in [7, 11) is 1.63. The Morgan fingerprint density at radius 1 is 1.62 bits per heavy atom. The molecule has 0 spiro atoms. The third-order valence-electron chi connectivity index (χ3n) is 2.82. The number of pyridine rings is 1. The van der Waals surface area contributed by atoms with Gasteiger partial charge in [0, 0.05) is 38.7 Å². The molecule has 1 aliphatic heterocycles. The number of hydrogen-bond donors (Lipinski definition) is 1. The standard InChI is InChI=1S/C11H14N2O3/c1-16-8-3-5-13(7-8)11(15)9-6-12-4-2-10(9)14/h2,4,6,8H,3,5,7H2,1H3,(H,12,14). The molecule has 1 unspecified atom stereocenters. The maximum atomic E-state index is 12.0. The van der Waals surface area contributed by atoms with Crippen LogP contribution in [0.25, 0.3) is 0 Å². The van der Waals surface area contributed by atoms with E-state index < -0.39 is 0 Å². The number of rotatable bonds is 2. The number of amides is 1. The van der Waals surface area contributed by atoms with Crippen molar-refractivity contribution in [1.82, 2.24) is 9.88 Å². The molecular weight excluding hydrogens is 208 g/mol. The van der Waals surface area contributed by atoms with Gasteiger partial charge in [-0.1, -0.05) is 0 Å². The second kappa shape index (κ2) is 4.49. The average molecular weight is 222 g/mol. The summed E-state index contributed by atoms with van der Waals surface area (Å²) >= 11 is 0. The van der Waals surface area contributed by atoms with Crippen molar-refractivity contribution in [2.75, 3.05) is 20.2 Å². The number of nitrogens with one attached hydrogen (secondary N) is 1. The fraction of sp³-hybridized carbons (Fsp3) is 0.455. The molecular formula is C11H14N2O3. The molecule has 2 rings (SSSR count). The molecule has 1 aromatic rings. The van der Waals surface area contributed by atoms with Gasteiger partial charge < -0.3 is 14.6 Å². The number of aromatic nitrogens is 1. The van der Waals surface area contributed by atoms with E-state index >= 15 is 0 Å². The molecule has 1 aromatic heterocycles. The Hall–Kier alpha value is -1.62. The molecule has 5 heteroatoms. The summed E-state index contributed by atoms with van der Waals surface area (Å²) in [5, 5.41) is 0. The number of carbonyl (C=O) groups excluding carboxylic acids is 1. The zero-order chi connectivity index (χ0) is 11.5. The number of ether oxygens (including phenoxy) is 1. The van der Waals surface area contributed by atoms with E-state index in [0.717, 1.165) is 6.42 Å². The molecule has 1 aliphatic rings. The summed E-state index contributed by atoms with van der Waals surface area (Å²) < 4.78 is 5.18. The molecule has 0 saturated carbocycles. The van der Waals surface area contributed by atoms with Crippen LogP contribution >= 0.6 is 0 Å². The predicted octanol–water partition coefficient (Wildman–Crippen LogP) is 0.236. The number of likely N-dealkylation sites (tertiary alicyclic amines) is 1. The van der Waals surface area contributed by atoms with Crippen LogP contribution in [0.3, 0.4) is 0 Å². The highest BCUT2D eigenvalue weighted by molar-refractivity contribution is 5.93. The van der Waals surface area contributed by atoms with E-state index in [0.29, 0.717) is 13.1 Å². The number of aromatic amines is 1. The lowest BCUT2D eigenvalue weighted by Gasteiger charge is -2.15. The second-order valence-electron chi connectivity index (χ2n) is 3.82. The second-order valence-corrected chi connectivity index (χ2v) is 3.82. The number of nitrogens with zero attached hydrogens (tertiary/aromatic N) is 1. The van der Waals surface area contributed by atoms with Crippen molar-refractivity contribution in [2.24, 2.45) is 0 Å². The fourth-order valence-corrected chi connectivity index (χ4v) is 1.86. The van der Waals surface area contributed by atoms with Gasteiger partial charge in [-0.25, -0.2) is 0 Å². The van der Waals surface area contributed by atoms with Crippen molar-refractivity contribution in [3.05, 3.63) is 34.2 Å². The Kier molecular flexibility index (Phi) is 3.05. The maximum absolute atomic E-state index is 12.0. The number of carbonyl (C=O) groups is 1. The lowest BCUT2D eigenvalue weighted by atomic mass is 10.2. The lowest BCUT2D eigenvalue weighted by Crippen LogP contribution is -2.33. The number of H-pyrrole nitrogens is 1. The Bertz CT molecular complexity index is 441. The fourth-order valence-electron chi connectivity index (χ4n) is 1.86. The van der Waals surface area contributed by atoms with Crippen LogP contribution in [-0.2, 0) is 4.74 Å². The molecule has 16 heavy (non-hydrogen) atoms. The summed E-state index contributed by atoms with van der Waals surface area (Å²) in [5.41, 5.74) is -0.0520. The highest BCUT2D eigenvalue weighted by Crippen LogP contribution is 2.13. The minimum atomic E-state index is -0.246. The third kappa shape index (κ3) is 1.99. The van der Waals surface area contributed by atoms with Crippen molar-refractivity contribution in [3.8, 4) is 0 Å². The molecule has 1 saturated heterocycles. The predicted molar refractivity (Wildman–Crippen MR) is 58.4 cm³/mol. The molecule has 5 nitrogen and oxygen atoms in total. The van der Waals surface area contributed by atoms with Crippen molar-refractivity contribution in [2.45, 2.75) is 12.5 Å². The van der Waals surface area contributed by atoms with E-state index in [2.05, 4.69) is 4.98 Å². The van der Waals surface area contributed by atoms with Gasteiger partial charge in [0.2, 0.25) is 0 Å². The zero-order valence-electron chi connectivity index (χ0n) is 9.10. The largest absolute Gasteiger partial charge is 0.380 e. The molecule has 1 atom stereocenters. The van der Waals surface area contributed by atoms with Crippen LogP contribution in [0.2, 0.25) is 0 Å². The summed E-state index contributed by atoms with van der Waals surface area (Å²) in [6, 6.07) is 1.36. The summed E-state index contributed by atoms with van der Waals surface area (Å²) in [6.07, 6.45) is 3.88. The first-order chi connectivity index (χ1) is 7.72. The lowest BCUT2D eigenvalue weighted by molar-refractivity contribution is 0.0722. The molecule has 86 valence electrons. The molecule has 0 aromatic carbocycles. The van der Waals surface area contributed by atoms with Crippen molar-refractivity contribution >= 4 is 5.91 Å². The summed E-state index contributed by atoms with van der Waals surface area (Å²) in [5.74, 6) is -0.221. The minimum absolute atomic E-state index is 0.0896. The first-order valence-corrected chi connectivity index (χ1v) is 5.21. The van der Waals surface area contributed by atoms with Crippen molar-refractivity contribution < 1.29 is 9.53 Å². The third-order valence-corrected chi connectivity index (χ3v) is 2.82. The molecule has 1 fully saturated rings. The molecule has 0 radical (unpaired) electrons. The van der Waals surface area contributed by atoms with Crippen LogP contribution in [0.1, 0.15) is 16.8 Å². The minimum Gasteiger partial charge on any atom is -0.380 e. The van der Waals surface area contributed by atoms with Gasteiger partial charge in [0.15, 0.2) is 5.43 Å². The Morgan fingerprint density at radius 2 is 2.44 bits per heavy atom. The van der Waals surface area contributed by atoms with Gasteiger partial charge in [-0.3, -0.25) is 9.59 Å². The molecule has 0 bridgehead atoms. The molecule has 0 aliphatic carbocycles. The molecule has 2 heterocycles. The summed E-state index contributed by atoms with van der Waals surface area (Å²) in [4.78, 5) is 27.9. The quantitative estimate of drug-likeness (QED) is 0.779. The van der Waals surface area contributed by atoms with E-state index in [1.54, 1.807) is 12.0 Å². The van der Waals surface area contributed by atoms with Gasteiger partial charge in [-0.15, -0.1) is 0 Å². The van der Waals surface area contributed by atoms with E-state index in [1.165, 1.54) is 18.5 Å². The monoisotopic (exact) mass is 222 g/mol. The first kappa shape index (κ1) is 10.9. The van der Waals surface area contributed by atoms with E-state index in [1.807, 2.05) is 0 Å². The van der Waals surface area contributed by atoms with Gasteiger partial charge in [0.05, 0.1) is 6.10 Å². The number of hydrogen-bond acceptors (Lipinski definition) is 3. The van der Waals surface area contributed by atoms with Gasteiger partial charge in [0.25, 0.3) is 5.91 Å². The molecule has 1 amide bonds. The van der Waals surface area contributed by atoms with Crippen LogP contribution < -0.4 is 5.43 Å². The van der Waals surface area contributed by atoms with Crippen LogP contribution in [0.15, 0.2) is 23.3 Å². The normalized spacial score (nSPS) is 20.1. The van der Waals surface area contributed by atoms with Crippen molar-refractivity contribution in [3.63, 3.8) is 0 Å². The van der Waals surface area contributed by atoms with Crippen LogP contribution in [0.5, 0.6) is 0 Å². The van der Waals surface area contributed by atoms with E-state index in [9.17, 15) is 9.59 Å². The Labute approximate surface area is 93.0 Å². The van der Waals surface area contributed by atoms with Crippen molar-refractivity contribution in [1.29, 1.82) is 0 Å². The maximum Gasteiger partial charge on any atom is 0.259 e. The zero-order valence-corrected chi connectivity index (χ0v) is 9.10. The number of methoxy groups -OCH3 is 1. The van der Waals surface area contributed by atoms with Gasteiger partial charge in [0.1, 0.15) is 5.56 Å². The van der Waals surface area contributed by atoms with E-state index in [-0.39, 0.29) is 23.0 Å².